The molecular formula is C21H24N2O3S. The monoisotopic (exact) mass is 384 g/mol. The number of carbonyl (C=O) groups excluding carboxylic acids is 1. The van der Waals surface area contributed by atoms with Crippen LogP contribution in [-0.2, 0) is 21.2 Å². The first kappa shape index (κ1) is 18.0. The van der Waals surface area contributed by atoms with Crippen LogP contribution in [0, 0.1) is 5.92 Å². The Hall–Kier alpha value is -2.34. The van der Waals surface area contributed by atoms with Crippen molar-refractivity contribution >= 4 is 27.3 Å². The van der Waals surface area contributed by atoms with Crippen molar-refractivity contribution in [2.45, 2.75) is 37.5 Å². The molecule has 1 unspecified atom stereocenters. The predicted molar refractivity (Wildman–Crippen MR) is 106 cm³/mol. The van der Waals surface area contributed by atoms with E-state index in [9.17, 15) is 13.2 Å². The highest BCUT2D eigenvalue weighted by molar-refractivity contribution is 7.92. The van der Waals surface area contributed by atoms with E-state index in [0.717, 1.165) is 36.2 Å². The number of amides is 1. The molecule has 2 aliphatic heterocycles. The van der Waals surface area contributed by atoms with Gasteiger partial charge < -0.3 is 4.90 Å². The molecule has 1 saturated heterocycles. The third-order valence-corrected chi connectivity index (χ3v) is 7.16. The molecule has 5 nitrogen and oxygen atoms in total. The first-order valence-electron chi connectivity index (χ1n) is 9.48. The molecule has 0 saturated carbocycles. The zero-order valence-corrected chi connectivity index (χ0v) is 16.3. The number of piperidine rings is 1. The largest absolute Gasteiger partial charge is 0.312 e. The number of hydrogen-bond acceptors (Lipinski definition) is 3. The Labute approximate surface area is 160 Å². The van der Waals surface area contributed by atoms with E-state index in [0.29, 0.717) is 19.5 Å². The quantitative estimate of drug-likeness (QED) is 0.813. The van der Waals surface area contributed by atoms with Gasteiger partial charge in [0, 0.05) is 25.2 Å². The second-order valence-electron chi connectivity index (χ2n) is 7.47. The summed E-state index contributed by atoms with van der Waals surface area (Å²) >= 11 is 0. The van der Waals surface area contributed by atoms with Gasteiger partial charge in [0.05, 0.1) is 10.6 Å². The Kier molecular flexibility index (Phi) is 4.68. The van der Waals surface area contributed by atoms with E-state index in [1.807, 2.05) is 24.3 Å². The standard InChI is InChI=1S/C21H24N2O3S/c1-16-14-17-6-2-3-7-20(17)23(15-16)27(25,26)19-11-9-18(10-12-19)22-13-5-4-8-21(22)24/h2-3,6-7,9-12,16H,4-5,8,13-15H2,1H3. The van der Waals surface area contributed by atoms with Crippen molar-refractivity contribution in [3.8, 4) is 0 Å². The molecular weight excluding hydrogens is 360 g/mol. The van der Waals surface area contributed by atoms with E-state index < -0.39 is 10.0 Å². The summed E-state index contributed by atoms with van der Waals surface area (Å²) in [7, 11) is -3.64. The smallest absolute Gasteiger partial charge is 0.264 e. The fraction of sp³-hybridized carbons (Fsp3) is 0.381. The number of anilines is 2. The number of benzene rings is 2. The van der Waals surface area contributed by atoms with Crippen molar-refractivity contribution in [3.63, 3.8) is 0 Å². The van der Waals surface area contributed by atoms with Crippen LogP contribution in [0.2, 0.25) is 0 Å². The molecule has 2 aromatic rings. The lowest BCUT2D eigenvalue weighted by molar-refractivity contribution is -0.119. The topological polar surface area (TPSA) is 57.7 Å². The molecule has 1 fully saturated rings. The molecule has 0 N–H and O–H groups in total. The summed E-state index contributed by atoms with van der Waals surface area (Å²) in [6.07, 6.45) is 3.35. The van der Waals surface area contributed by atoms with Gasteiger partial charge in [-0.2, -0.15) is 0 Å². The Bertz CT molecular complexity index is 954. The van der Waals surface area contributed by atoms with Gasteiger partial charge in [-0.1, -0.05) is 25.1 Å². The summed E-state index contributed by atoms with van der Waals surface area (Å²) in [5.74, 6) is 0.371. The first-order chi connectivity index (χ1) is 13.0. The third-order valence-electron chi connectivity index (χ3n) is 5.37. The van der Waals surface area contributed by atoms with Gasteiger partial charge in [0.1, 0.15) is 0 Å². The molecule has 1 atom stereocenters. The van der Waals surface area contributed by atoms with E-state index in [1.54, 1.807) is 29.2 Å². The van der Waals surface area contributed by atoms with Crippen molar-refractivity contribution in [3.05, 3.63) is 54.1 Å². The predicted octanol–water partition coefficient (Wildman–Crippen LogP) is 3.59. The van der Waals surface area contributed by atoms with Crippen LogP contribution in [0.3, 0.4) is 0 Å². The SMILES string of the molecule is CC1Cc2ccccc2N(S(=O)(=O)c2ccc(N3CCCCC3=O)cc2)C1. The number of fused-ring (bicyclic) bond motifs is 1. The van der Waals surface area contributed by atoms with Gasteiger partial charge in [0.2, 0.25) is 5.91 Å². The average molecular weight is 385 g/mol. The Balaban J connectivity index is 1.66. The molecule has 4 rings (SSSR count). The normalized spacial score (nSPS) is 20.5. The number of sulfonamides is 1. The third kappa shape index (κ3) is 3.34. The van der Waals surface area contributed by atoms with Gasteiger partial charge in [0.25, 0.3) is 10.0 Å². The van der Waals surface area contributed by atoms with Crippen LogP contribution in [0.15, 0.2) is 53.4 Å². The fourth-order valence-corrected chi connectivity index (χ4v) is 5.60. The second-order valence-corrected chi connectivity index (χ2v) is 9.33. The van der Waals surface area contributed by atoms with Crippen LogP contribution in [0.1, 0.15) is 31.7 Å². The maximum absolute atomic E-state index is 13.3. The molecule has 0 radical (unpaired) electrons. The molecule has 0 bridgehead atoms. The highest BCUT2D eigenvalue weighted by atomic mass is 32.2. The minimum Gasteiger partial charge on any atom is -0.312 e. The van der Waals surface area contributed by atoms with Crippen molar-refractivity contribution in [1.29, 1.82) is 0 Å². The van der Waals surface area contributed by atoms with Crippen LogP contribution < -0.4 is 9.21 Å². The van der Waals surface area contributed by atoms with Crippen LogP contribution in [0.5, 0.6) is 0 Å². The van der Waals surface area contributed by atoms with E-state index in [2.05, 4.69) is 6.92 Å². The Morgan fingerprint density at radius 2 is 1.74 bits per heavy atom. The van der Waals surface area contributed by atoms with Gasteiger partial charge >= 0.3 is 0 Å². The highest BCUT2D eigenvalue weighted by Gasteiger charge is 2.31. The summed E-state index contributed by atoms with van der Waals surface area (Å²) in [6, 6.07) is 14.4. The van der Waals surface area contributed by atoms with Gasteiger partial charge in [-0.3, -0.25) is 9.10 Å². The summed E-state index contributed by atoms with van der Waals surface area (Å²) in [5.41, 5.74) is 2.60. The van der Waals surface area contributed by atoms with Crippen molar-refractivity contribution in [2.75, 3.05) is 22.3 Å². The number of nitrogens with zero attached hydrogens (tertiary/aromatic N) is 2. The van der Waals surface area contributed by atoms with Gasteiger partial charge in [-0.15, -0.1) is 0 Å². The zero-order valence-electron chi connectivity index (χ0n) is 15.5. The summed E-state index contributed by atoms with van der Waals surface area (Å²) in [5, 5.41) is 0. The molecule has 0 aliphatic carbocycles. The zero-order chi connectivity index (χ0) is 19.0. The number of hydrogen-bond donors (Lipinski definition) is 0. The molecule has 0 aromatic heterocycles. The first-order valence-corrected chi connectivity index (χ1v) is 10.9. The molecule has 142 valence electrons. The van der Waals surface area contributed by atoms with Gasteiger partial charge in [-0.05, 0) is 61.1 Å². The Morgan fingerprint density at radius 3 is 2.48 bits per heavy atom. The highest BCUT2D eigenvalue weighted by Crippen LogP contribution is 2.34. The molecule has 2 heterocycles. The molecule has 1 amide bonds. The lowest BCUT2D eigenvalue weighted by Gasteiger charge is -2.34. The van der Waals surface area contributed by atoms with Gasteiger partial charge in [-0.25, -0.2) is 8.42 Å². The maximum Gasteiger partial charge on any atom is 0.264 e. The molecule has 6 heteroatoms. The molecule has 2 aliphatic rings. The maximum atomic E-state index is 13.3. The Morgan fingerprint density at radius 1 is 1.00 bits per heavy atom. The average Bonchev–Trinajstić information content (AvgIpc) is 2.68. The molecule has 2 aromatic carbocycles. The van der Waals surface area contributed by atoms with Crippen LogP contribution in [0.25, 0.3) is 0 Å². The van der Waals surface area contributed by atoms with Crippen molar-refractivity contribution in [2.24, 2.45) is 5.92 Å². The molecule has 0 spiro atoms. The summed E-state index contributed by atoms with van der Waals surface area (Å²) in [4.78, 5) is 14.1. The van der Waals surface area contributed by atoms with Crippen LogP contribution >= 0.6 is 0 Å². The number of para-hydroxylation sites is 1. The second kappa shape index (κ2) is 7.00. The van der Waals surface area contributed by atoms with E-state index in [-0.39, 0.29) is 16.7 Å². The fourth-order valence-electron chi connectivity index (χ4n) is 3.98. The van der Waals surface area contributed by atoms with E-state index >= 15 is 0 Å². The van der Waals surface area contributed by atoms with E-state index in [4.69, 9.17) is 0 Å². The number of carbonyl (C=O) groups is 1. The lowest BCUT2D eigenvalue weighted by Crippen LogP contribution is -2.39. The van der Waals surface area contributed by atoms with Crippen molar-refractivity contribution < 1.29 is 13.2 Å². The minimum absolute atomic E-state index is 0.107. The van der Waals surface area contributed by atoms with Crippen LogP contribution in [-0.4, -0.2) is 27.4 Å². The summed E-state index contributed by atoms with van der Waals surface area (Å²) < 4.78 is 28.1. The van der Waals surface area contributed by atoms with Crippen molar-refractivity contribution in [1.82, 2.24) is 0 Å². The lowest BCUT2D eigenvalue weighted by atomic mass is 9.96. The molecule has 27 heavy (non-hydrogen) atoms. The minimum atomic E-state index is -3.64. The van der Waals surface area contributed by atoms with Crippen LogP contribution in [0.4, 0.5) is 11.4 Å². The van der Waals surface area contributed by atoms with Gasteiger partial charge in [0.15, 0.2) is 0 Å². The number of rotatable bonds is 3. The van der Waals surface area contributed by atoms with E-state index in [1.165, 1.54) is 4.31 Å². The summed E-state index contributed by atoms with van der Waals surface area (Å²) in [6.45, 7) is 3.25.